The van der Waals surface area contributed by atoms with Crippen molar-refractivity contribution >= 4 is 0 Å². The minimum absolute atomic E-state index is 0.360. The van der Waals surface area contributed by atoms with Crippen molar-refractivity contribution in [3.05, 3.63) is 0 Å². The zero-order valence-corrected chi connectivity index (χ0v) is 17.7. The van der Waals surface area contributed by atoms with Gasteiger partial charge >= 0.3 is 0 Å². The largest absolute Gasteiger partial charge is 0.303 e. The lowest BCUT2D eigenvalue weighted by atomic mass is 9.66. The molecule has 6 aliphatic rings. The Morgan fingerprint density at radius 1 is 0.760 bits per heavy atom. The van der Waals surface area contributed by atoms with Gasteiger partial charge in [0, 0.05) is 25.3 Å². The Kier molecular flexibility index (Phi) is 5.34. The summed E-state index contributed by atoms with van der Waals surface area (Å²) in [5.41, 5.74) is 0.904. The van der Waals surface area contributed by atoms with Crippen LogP contribution in [0.2, 0.25) is 0 Å². The molecule has 0 spiro atoms. The Hall–Kier alpha value is -0.120. The Morgan fingerprint density at radius 2 is 1.24 bits per heavy atom. The van der Waals surface area contributed by atoms with E-state index >= 15 is 0 Å². The van der Waals surface area contributed by atoms with Crippen LogP contribution < -0.4 is 0 Å². The second kappa shape index (κ2) is 6.80. The molecule has 4 bridgehead atoms. The summed E-state index contributed by atoms with van der Waals surface area (Å²) in [6.45, 7) is 21.2. The number of quaternary nitrogens is 1. The molecular formula is C22H43N2O+. The van der Waals surface area contributed by atoms with Crippen molar-refractivity contribution in [2.75, 3.05) is 39.3 Å². The predicted octanol–water partition coefficient (Wildman–Crippen LogP) is 4.65. The first-order chi connectivity index (χ1) is 11.5. The molecule has 146 valence electrons. The van der Waals surface area contributed by atoms with Gasteiger partial charge < -0.3 is 4.90 Å². The highest BCUT2D eigenvalue weighted by Crippen LogP contribution is 2.45. The number of nitrogens with zero attached hydrogens (tertiary/aromatic N) is 2. The molecule has 2 unspecified atom stereocenters. The van der Waals surface area contributed by atoms with Crippen LogP contribution in [0, 0.1) is 34.5 Å². The van der Waals surface area contributed by atoms with Crippen molar-refractivity contribution in [1.82, 2.24) is 4.90 Å². The SMILES string of the molecule is CC(C)(C)C1CN2CCC1CC2.CC(C)(C)C1C[N+]2(O)CCC1CC2. The van der Waals surface area contributed by atoms with E-state index < -0.39 is 0 Å². The van der Waals surface area contributed by atoms with Gasteiger partial charge in [-0.1, -0.05) is 41.5 Å². The maximum absolute atomic E-state index is 10.2. The third kappa shape index (κ3) is 4.42. The molecule has 6 aliphatic heterocycles. The number of hydroxylamine groups is 3. The summed E-state index contributed by atoms with van der Waals surface area (Å²) in [5.74, 6) is 3.60. The van der Waals surface area contributed by atoms with Crippen molar-refractivity contribution in [3.63, 3.8) is 0 Å². The lowest BCUT2D eigenvalue weighted by Gasteiger charge is -2.51. The van der Waals surface area contributed by atoms with Gasteiger partial charge in [-0.05, 0) is 54.5 Å². The summed E-state index contributed by atoms with van der Waals surface area (Å²) in [6.07, 6.45) is 5.39. The van der Waals surface area contributed by atoms with Gasteiger partial charge in [0.15, 0.2) is 0 Å². The lowest BCUT2D eigenvalue weighted by Crippen LogP contribution is -2.61. The summed E-state index contributed by atoms with van der Waals surface area (Å²) >= 11 is 0. The Bertz CT molecular complexity index is 446. The number of piperidine rings is 6. The molecular weight excluding hydrogens is 308 g/mol. The Morgan fingerprint density at radius 3 is 1.52 bits per heavy atom. The van der Waals surface area contributed by atoms with Crippen LogP contribution in [-0.2, 0) is 0 Å². The Balaban J connectivity index is 0.000000146. The molecule has 0 aliphatic carbocycles. The molecule has 3 nitrogen and oxygen atoms in total. The van der Waals surface area contributed by atoms with Crippen LogP contribution in [0.4, 0.5) is 0 Å². The van der Waals surface area contributed by atoms with E-state index in [0.29, 0.717) is 15.5 Å². The molecule has 0 saturated carbocycles. The highest BCUT2D eigenvalue weighted by molar-refractivity contribution is 4.91. The van der Waals surface area contributed by atoms with Crippen LogP contribution in [0.5, 0.6) is 0 Å². The number of rotatable bonds is 0. The fraction of sp³-hybridized carbons (Fsp3) is 1.00. The predicted molar refractivity (Wildman–Crippen MR) is 104 cm³/mol. The van der Waals surface area contributed by atoms with Crippen molar-refractivity contribution in [3.8, 4) is 0 Å². The fourth-order valence-corrected chi connectivity index (χ4v) is 6.10. The van der Waals surface area contributed by atoms with Crippen LogP contribution in [-0.4, -0.2) is 54.0 Å². The van der Waals surface area contributed by atoms with E-state index in [4.69, 9.17) is 0 Å². The van der Waals surface area contributed by atoms with E-state index in [2.05, 4.69) is 46.4 Å². The number of fused-ring (bicyclic) bond motifs is 6. The lowest BCUT2D eigenvalue weighted by molar-refractivity contribution is -1.11. The zero-order chi connectivity index (χ0) is 18.5. The van der Waals surface area contributed by atoms with Gasteiger partial charge in [-0.25, -0.2) is 5.21 Å². The number of hydrogen-bond donors (Lipinski definition) is 1. The zero-order valence-electron chi connectivity index (χ0n) is 17.7. The van der Waals surface area contributed by atoms with Gasteiger partial charge in [0.05, 0.1) is 0 Å². The van der Waals surface area contributed by atoms with Crippen LogP contribution >= 0.6 is 0 Å². The van der Waals surface area contributed by atoms with Crippen molar-refractivity contribution in [2.24, 2.45) is 34.5 Å². The van der Waals surface area contributed by atoms with Gasteiger partial charge in [-0.3, -0.25) is 0 Å². The van der Waals surface area contributed by atoms with Gasteiger partial charge in [-0.2, -0.15) is 4.65 Å². The smallest absolute Gasteiger partial charge is 0.112 e. The summed E-state index contributed by atoms with van der Waals surface area (Å²) in [5, 5.41) is 10.2. The fourth-order valence-electron chi connectivity index (χ4n) is 6.10. The molecule has 1 N–H and O–H groups in total. The van der Waals surface area contributed by atoms with Crippen LogP contribution in [0.3, 0.4) is 0 Å². The van der Waals surface area contributed by atoms with E-state index in [0.717, 1.165) is 43.3 Å². The van der Waals surface area contributed by atoms with Crippen LogP contribution in [0.25, 0.3) is 0 Å². The van der Waals surface area contributed by atoms with E-state index in [1.54, 1.807) is 0 Å². The van der Waals surface area contributed by atoms with Gasteiger partial charge in [-0.15, -0.1) is 0 Å². The molecule has 3 heteroatoms. The minimum atomic E-state index is 0.360. The van der Waals surface area contributed by atoms with E-state index in [1.807, 2.05) is 0 Å². The van der Waals surface area contributed by atoms with Crippen molar-refractivity contribution < 1.29 is 9.85 Å². The second-order valence-electron chi connectivity index (χ2n) is 11.6. The summed E-state index contributed by atoms with van der Waals surface area (Å²) in [4.78, 5) is 2.65. The molecule has 6 fully saturated rings. The maximum atomic E-state index is 10.2. The third-order valence-electron chi connectivity index (χ3n) is 7.82. The highest BCUT2D eigenvalue weighted by Gasteiger charge is 2.49. The molecule has 2 atom stereocenters. The standard InChI is InChI=1S/C11H22NO.C11H21N/c1-11(2,3)10-8-12(13)6-4-9(10)5-7-12;1-11(2,3)10-8-12-6-4-9(10)5-7-12/h9-10,13H,4-8H2,1-3H3;9-10H,4-8H2,1-3H3/q+1;. The average molecular weight is 352 g/mol. The molecule has 6 saturated heterocycles. The highest BCUT2D eigenvalue weighted by atomic mass is 16.5. The normalized spacial score (nSPS) is 43.6. The van der Waals surface area contributed by atoms with Crippen molar-refractivity contribution in [1.29, 1.82) is 0 Å². The summed E-state index contributed by atoms with van der Waals surface area (Å²) in [6, 6.07) is 0. The van der Waals surface area contributed by atoms with E-state index in [1.165, 1.54) is 45.3 Å². The molecule has 0 aromatic rings. The molecule has 0 aromatic carbocycles. The molecule has 0 radical (unpaired) electrons. The third-order valence-corrected chi connectivity index (χ3v) is 7.82. The second-order valence-corrected chi connectivity index (χ2v) is 11.6. The Labute approximate surface area is 156 Å². The first-order valence-electron chi connectivity index (χ1n) is 10.8. The van der Waals surface area contributed by atoms with Crippen LogP contribution in [0.1, 0.15) is 67.2 Å². The maximum Gasteiger partial charge on any atom is 0.112 e. The van der Waals surface area contributed by atoms with E-state index in [-0.39, 0.29) is 0 Å². The first-order valence-corrected chi connectivity index (χ1v) is 10.8. The minimum Gasteiger partial charge on any atom is -0.303 e. The summed E-state index contributed by atoms with van der Waals surface area (Å²) in [7, 11) is 0. The quantitative estimate of drug-likeness (QED) is 0.642. The first kappa shape index (κ1) is 19.6. The molecule has 6 rings (SSSR count). The number of hydrogen-bond acceptors (Lipinski definition) is 2. The summed E-state index contributed by atoms with van der Waals surface area (Å²) < 4.78 is 0.360. The van der Waals surface area contributed by atoms with Crippen LogP contribution in [0.15, 0.2) is 0 Å². The monoisotopic (exact) mass is 351 g/mol. The van der Waals surface area contributed by atoms with Gasteiger partial charge in [0.2, 0.25) is 0 Å². The van der Waals surface area contributed by atoms with Gasteiger partial charge in [0.25, 0.3) is 0 Å². The molecule has 0 amide bonds. The van der Waals surface area contributed by atoms with E-state index in [9.17, 15) is 5.21 Å². The van der Waals surface area contributed by atoms with Crippen molar-refractivity contribution in [2.45, 2.75) is 67.2 Å². The molecule has 6 heterocycles. The average Bonchev–Trinajstić information content (AvgIpc) is 2.55. The van der Waals surface area contributed by atoms with Gasteiger partial charge in [0.1, 0.15) is 19.6 Å². The molecule has 25 heavy (non-hydrogen) atoms. The topological polar surface area (TPSA) is 23.5 Å². The molecule has 0 aromatic heterocycles.